The van der Waals surface area contributed by atoms with Gasteiger partial charge in [0.1, 0.15) is 11.0 Å². The lowest BCUT2D eigenvalue weighted by molar-refractivity contribution is -0.131. The van der Waals surface area contributed by atoms with Crippen molar-refractivity contribution >= 4 is 41.0 Å². The molecule has 2 heterocycles. The maximum absolute atomic E-state index is 11.9. The van der Waals surface area contributed by atoms with E-state index in [1.54, 1.807) is 13.0 Å². The summed E-state index contributed by atoms with van der Waals surface area (Å²) < 4.78 is 0. The monoisotopic (exact) mass is 414 g/mol. The number of rotatable bonds is 7. The van der Waals surface area contributed by atoms with Gasteiger partial charge in [-0.25, -0.2) is 9.97 Å². The van der Waals surface area contributed by atoms with Crippen molar-refractivity contribution in [2.45, 2.75) is 25.0 Å². The highest BCUT2D eigenvalue weighted by molar-refractivity contribution is 7.99. The van der Waals surface area contributed by atoms with E-state index in [0.717, 1.165) is 12.4 Å². The third-order valence-corrected chi connectivity index (χ3v) is 5.27. The Kier molecular flexibility index (Phi) is 8.12. The molecule has 0 radical (unpaired) electrons. The maximum Gasteiger partial charge on any atom is 0.230 e. The highest BCUT2D eigenvalue weighted by Crippen LogP contribution is 2.24. The summed E-state index contributed by atoms with van der Waals surface area (Å²) in [6, 6.07) is 1.82. The summed E-state index contributed by atoms with van der Waals surface area (Å²) in [5.41, 5.74) is 0. The number of carbonyl (C=O) groups excluding carboxylic acids is 2. The first kappa shape index (κ1) is 21.7. The molecular formula is C17H27ClN6O2S. The van der Waals surface area contributed by atoms with Gasteiger partial charge in [-0.3, -0.25) is 9.59 Å². The Bertz CT molecular complexity index is 675. The highest BCUT2D eigenvalue weighted by Gasteiger charge is 2.26. The van der Waals surface area contributed by atoms with E-state index in [4.69, 9.17) is 11.6 Å². The van der Waals surface area contributed by atoms with Crippen molar-refractivity contribution in [3.63, 3.8) is 0 Å². The predicted molar refractivity (Wildman–Crippen MR) is 108 cm³/mol. The lowest BCUT2D eigenvalue weighted by Gasteiger charge is -2.40. The Balaban J connectivity index is 1.94. The molecule has 1 atom stereocenters. The van der Waals surface area contributed by atoms with E-state index in [1.807, 2.05) is 30.8 Å². The molecule has 0 aliphatic carbocycles. The lowest BCUT2D eigenvalue weighted by atomic mass is 10.2. The molecule has 2 rings (SSSR count). The van der Waals surface area contributed by atoms with Crippen LogP contribution in [-0.2, 0) is 9.59 Å². The molecule has 10 heteroatoms. The molecule has 0 unspecified atom stereocenters. The number of nitrogens with one attached hydrogen (secondary N) is 1. The van der Waals surface area contributed by atoms with E-state index in [1.165, 1.54) is 11.8 Å². The maximum atomic E-state index is 11.9. The third kappa shape index (κ3) is 6.82. The molecular weight excluding hydrogens is 388 g/mol. The number of nitrogens with zero attached hydrogens (tertiary/aromatic N) is 5. The van der Waals surface area contributed by atoms with Crippen molar-refractivity contribution in [3.05, 3.63) is 11.2 Å². The molecule has 1 N–H and O–H groups in total. The summed E-state index contributed by atoms with van der Waals surface area (Å²) in [5, 5.41) is 3.68. The number of carbonyl (C=O) groups is 2. The van der Waals surface area contributed by atoms with Crippen LogP contribution in [0.15, 0.2) is 11.2 Å². The summed E-state index contributed by atoms with van der Waals surface area (Å²) in [7, 11) is 3.92. The average molecular weight is 415 g/mol. The first-order chi connectivity index (χ1) is 12.8. The van der Waals surface area contributed by atoms with Gasteiger partial charge < -0.3 is 20.0 Å². The molecule has 1 fully saturated rings. The highest BCUT2D eigenvalue weighted by atomic mass is 35.5. The zero-order chi connectivity index (χ0) is 20.0. The Labute approximate surface area is 169 Å². The van der Waals surface area contributed by atoms with Gasteiger partial charge in [0, 0.05) is 51.8 Å². The summed E-state index contributed by atoms with van der Waals surface area (Å²) in [6.07, 6.45) is 0. The van der Waals surface area contributed by atoms with E-state index in [2.05, 4.69) is 20.2 Å². The number of hydrogen-bond acceptors (Lipinski definition) is 7. The van der Waals surface area contributed by atoms with E-state index >= 15 is 0 Å². The van der Waals surface area contributed by atoms with Gasteiger partial charge in [-0.05, 0) is 21.0 Å². The fraction of sp³-hybridized carbons (Fsp3) is 0.647. The van der Waals surface area contributed by atoms with Crippen molar-refractivity contribution in [1.82, 2.24) is 25.1 Å². The summed E-state index contributed by atoms with van der Waals surface area (Å²) in [5.74, 6) is 0.984. The average Bonchev–Trinajstić information content (AvgIpc) is 2.58. The molecule has 1 aliphatic rings. The van der Waals surface area contributed by atoms with Crippen LogP contribution in [0.5, 0.6) is 0 Å². The summed E-state index contributed by atoms with van der Waals surface area (Å²) in [4.78, 5) is 38.3. The summed E-state index contributed by atoms with van der Waals surface area (Å²) in [6.45, 7) is 7.02. The second-order valence-electron chi connectivity index (χ2n) is 6.78. The van der Waals surface area contributed by atoms with E-state index in [0.29, 0.717) is 36.5 Å². The number of thioether (sulfide) groups is 1. The Hall–Kier alpha value is -1.58. The van der Waals surface area contributed by atoms with Gasteiger partial charge in [0.15, 0.2) is 5.16 Å². The van der Waals surface area contributed by atoms with Crippen LogP contribution < -0.4 is 10.2 Å². The van der Waals surface area contributed by atoms with Gasteiger partial charge in [-0.1, -0.05) is 23.4 Å². The van der Waals surface area contributed by atoms with Crippen molar-refractivity contribution in [2.24, 2.45) is 0 Å². The van der Waals surface area contributed by atoms with Gasteiger partial charge in [0.05, 0.1) is 5.75 Å². The van der Waals surface area contributed by atoms with Crippen molar-refractivity contribution in [1.29, 1.82) is 0 Å². The van der Waals surface area contributed by atoms with E-state index in [9.17, 15) is 9.59 Å². The number of halogens is 1. The van der Waals surface area contributed by atoms with Crippen molar-refractivity contribution in [2.75, 3.05) is 57.5 Å². The topological polar surface area (TPSA) is 81.7 Å². The van der Waals surface area contributed by atoms with Gasteiger partial charge in [-0.2, -0.15) is 0 Å². The number of likely N-dealkylation sites (N-methyl/N-ethyl adjacent to an activating group) is 1. The van der Waals surface area contributed by atoms with Crippen molar-refractivity contribution < 1.29 is 9.59 Å². The molecule has 1 aromatic heterocycles. The fourth-order valence-electron chi connectivity index (χ4n) is 2.85. The van der Waals surface area contributed by atoms with Crippen LogP contribution in [0.3, 0.4) is 0 Å². The zero-order valence-electron chi connectivity index (χ0n) is 16.2. The standard InChI is InChI=1S/C17H27ClN6O2S/c1-12-10-23(7-8-24(12)13(2)25)15-9-14(18)20-17(21-15)27-11-16(26)19-5-6-22(3)4/h9,12H,5-8,10-11H2,1-4H3,(H,19,26)/t12-/m0/s1. The van der Waals surface area contributed by atoms with Crippen molar-refractivity contribution in [3.8, 4) is 0 Å². The van der Waals surface area contributed by atoms with Gasteiger partial charge in [0.25, 0.3) is 0 Å². The van der Waals surface area contributed by atoms with E-state index in [-0.39, 0.29) is 23.6 Å². The molecule has 0 aromatic carbocycles. The van der Waals surface area contributed by atoms with Crippen LogP contribution in [0.4, 0.5) is 5.82 Å². The zero-order valence-corrected chi connectivity index (χ0v) is 17.8. The molecule has 150 valence electrons. The molecule has 1 aliphatic heterocycles. The summed E-state index contributed by atoms with van der Waals surface area (Å²) >= 11 is 7.42. The number of hydrogen-bond donors (Lipinski definition) is 1. The van der Waals surface area contributed by atoms with Crippen LogP contribution in [0.25, 0.3) is 0 Å². The smallest absolute Gasteiger partial charge is 0.230 e. The SMILES string of the molecule is CC(=O)N1CCN(c2cc(Cl)nc(SCC(=O)NCCN(C)C)n2)C[C@@H]1C. The number of anilines is 1. The first-order valence-corrected chi connectivity index (χ1v) is 10.2. The molecule has 27 heavy (non-hydrogen) atoms. The van der Waals surface area contributed by atoms with Crippen LogP contribution in [0.2, 0.25) is 5.15 Å². The molecule has 1 aromatic rings. The Morgan fingerprint density at radius 3 is 2.74 bits per heavy atom. The number of amides is 2. The van der Waals surface area contributed by atoms with Gasteiger partial charge >= 0.3 is 0 Å². The fourth-order valence-corrected chi connectivity index (χ4v) is 3.76. The Morgan fingerprint density at radius 2 is 2.11 bits per heavy atom. The van der Waals surface area contributed by atoms with Crippen LogP contribution in [0, 0.1) is 0 Å². The predicted octanol–water partition coefficient (Wildman–Crippen LogP) is 0.957. The first-order valence-electron chi connectivity index (χ1n) is 8.87. The molecule has 2 amide bonds. The van der Waals surface area contributed by atoms with Gasteiger partial charge in [0.2, 0.25) is 11.8 Å². The minimum absolute atomic E-state index is 0.0596. The largest absolute Gasteiger partial charge is 0.354 e. The molecule has 1 saturated heterocycles. The Morgan fingerprint density at radius 1 is 1.37 bits per heavy atom. The minimum Gasteiger partial charge on any atom is -0.354 e. The molecule has 0 bridgehead atoms. The van der Waals surface area contributed by atoms with Gasteiger partial charge in [-0.15, -0.1) is 0 Å². The lowest BCUT2D eigenvalue weighted by Crippen LogP contribution is -2.53. The van der Waals surface area contributed by atoms with Crippen LogP contribution >= 0.6 is 23.4 Å². The molecule has 8 nitrogen and oxygen atoms in total. The van der Waals surface area contributed by atoms with Crippen LogP contribution in [0.1, 0.15) is 13.8 Å². The second kappa shape index (κ2) is 10.1. The number of aromatic nitrogens is 2. The minimum atomic E-state index is -0.0596. The second-order valence-corrected chi connectivity index (χ2v) is 8.11. The van der Waals surface area contributed by atoms with E-state index < -0.39 is 0 Å². The third-order valence-electron chi connectivity index (χ3n) is 4.23. The molecule has 0 saturated carbocycles. The number of piperazine rings is 1. The van der Waals surface area contributed by atoms with Crippen LogP contribution in [-0.4, -0.2) is 90.2 Å². The quantitative estimate of drug-likeness (QED) is 0.404. The molecule has 0 spiro atoms. The normalized spacial score (nSPS) is 17.3.